The highest BCUT2D eigenvalue weighted by Gasteiger charge is 2.17. The Labute approximate surface area is 111 Å². The molecule has 0 aromatic carbocycles. The van der Waals surface area contributed by atoms with Crippen LogP contribution >= 0.6 is 12.6 Å². The highest BCUT2D eigenvalue weighted by Crippen LogP contribution is 2.22. The Hall–Kier alpha value is -1.67. The Morgan fingerprint density at radius 2 is 1.78 bits per heavy atom. The van der Waals surface area contributed by atoms with Crippen LogP contribution in [-0.2, 0) is 4.74 Å². The van der Waals surface area contributed by atoms with Crippen LogP contribution in [-0.4, -0.2) is 31.4 Å². The summed E-state index contributed by atoms with van der Waals surface area (Å²) in [5.41, 5.74) is 0.511. The number of aliphatic hydroxyl groups excluding tert-OH is 1. The largest absolute Gasteiger partial charge is 0.494 e. The third-order valence-corrected chi connectivity index (χ3v) is 2.66. The fraction of sp³-hybridized carbons (Fsp3) is 0.455. The summed E-state index contributed by atoms with van der Waals surface area (Å²) in [7, 11) is 0. The molecule has 0 amide bonds. The minimum Gasteiger partial charge on any atom is -0.494 e. The molecule has 3 N–H and O–H groups in total. The van der Waals surface area contributed by atoms with Crippen LogP contribution in [0.3, 0.4) is 0 Å². The average molecular weight is 266 g/mol. The molecule has 18 heavy (non-hydrogen) atoms. The lowest BCUT2D eigenvalue weighted by molar-refractivity contribution is 0.109. The number of nitrogens with zero attached hydrogens (tertiary/aromatic N) is 2. The molecular formula is C11H14N4O2S. The predicted octanol–water partition coefficient (Wildman–Crippen LogP) is 0.544. The summed E-state index contributed by atoms with van der Waals surface area (Å²) in [5.74, 6) is -0.221. The second-order valence-corrected chi connectivity index (χ2v) is 3.99. The van der Waals surface area contributed by atoms with Crippen LogP contribution in [0.4, 0.5) is 0 Å². The van der Waals surface area contributed by atoms with E-state index in [9.17, 15) is 0 Å². The minimum atomic E-state index is -0.221. The Morgan fingerprint density at radius 3 is 2.17 bits per heavy atom. The van der Waals surface area contributed by atoms with Gasteiger partial charge in [0, 0.05) is 19.5 Å². The van der Waals surface area contributed by atoms with E-state index in [4.69, 9.17) is 20.4 Å². The van der Waals surface area contributed by atoms with E-state index in [1.807, 2.05) is 6.07 Å². The SMILES string of the molecule is C1COCCN1.N#CC1=C(O)NC(S)=C(C#N)C1. The molecular weight excluding hydrogens is 252 g/mol. The molecule has 1 fully saturated rings. The van der Waals surface area contributed by atoms with Gasteiger partial charge in [-0.25, -0.2) is 0 Å². The van der Waals surface area contributed by atoms with Gasteiger partial charge in [-0.15, -0.1) is 12.6 Å². The topological polar surface area (TPSA) is 101 Å². The Kier molecular flexibility index (Phi) is 6.09. The first kappa shape index (κ1) is 14.4. The molecule has 0 aliphatic carbocycles. The number of rotatable bonds is 0. The number of ether oxygens (including phenoxy) is 1. The number of nitrogens with one attached hydrogen (secondary N) is 2. The van der Waals surface area contributed by atoms with Gasteiger partial charge in [0.2, 0.25) is 5.88 Å². The molecule has 6 nitrogen and oxygen atoms in total. The van der Waals surface area contributed by atoms with E-state index in [0.29, 0.717) is 10.6 Å². The van der Waals surface area contributed by atoms with Crippen molar-refractivity contribution in [3.8, 4) is 12.1 Å². The fourth-order valence-corrected chi connectivity index (χ4v) is 1.54. The van der Waals surface area contributed by atoms with Gasteiger partial charge in [0.1, 0.15) is 6.07 Å². The summed E-state index contributed by atoms with van der Waals surface area (Å²) in [6.45, 7) is 3.83. The van der Waals surface area contributed by atoms with Crippen molar-refractivity contribution in [2.24, 2.45) is 0 Å². The number of thiol groups is 1. The summed E-state index contributed by atoms with van der Waals surface area (Å²) in [6, 6.07) is 3.67. The lowest BCUT2D eigenvalue weighted by atomic mass is 10.1. The number of allylic oxidation sites excluding steroid dienone is 2. The Balaban J connectivity index is 0.000000225. The lowest BCUT2D eigenvalue weighted by Gasteiger charge is -2.13. The lowest BCUT2D eigenvalue weighted by Crippen LogP contribution is -2.30. The highest BCUT2D eigenvalue weighted by molar-refractivity contribution is 7.84. The van der Waals surface area contributed by atoms with E-state index < -0.39 is 0 Å². The molecule has 0 aromatic rings. The van der Waals surface area contributed by atoms with Crippen LogP contribution < -0.4 is 10.6 Å². The van der Waals surface area contributed by atoms with Crippen LogP contribution in [0.2, 0.25) is 0 Å². The third kappa shape index (κ3) is 4.30. The highest BCUT2D eigenvalue weighted by atomic mass is 32.1. The van der Waals surface area contributed by atoms with Gasteiger partial charge in [-0.3, -0.25) is 0 Å². The van der Waals surface area contributed by atoms with Crippen molar-refractivity contribution in [3.63, 3.8) is 0 Å². The minimum absolute atomic E-state index is 0.144. The summed E-state index contributed by atoms with van der Waals surface area (Å²) in [5, 5.41) is 32.0. The maximum Gasteiger partial charge on any atom is 0.203 e. The average Bonchev–Trinajstić information content (AvgIpc) is 2.42. The number of aliphatic hydroxyl groups is 1. The standard InChI is InChI=1S/C7H5N3OS.C4H9NO/c8-2-4-1-5(3-9)7(12)10-6(4)11;1-3-6-4-2-5-1/h10-12H,1H2;5H,1-4H2. The molecule has 0 atom stereocenters. The molecule has 0 saturated carbocycles. The van der Waals surface area contributed by atoms with Gasteiger partial charge in [-0.2, -0.15) is 10.5 Å². The van der Waals surface area contributed by atoms with Gasteiger partial charge >= 0.3 is 0 Å². The number of hydrogen-bond acceptors (Lipinski definition) is 7. The van der Waals surface area contributed by atoms with E-state index in [-0.39, 0.29) is 17.9 Å². The normalized spacial score (nSPS) is 19.1. The number of dihydropyridines is 1. The molecule has 7 heteroatoms. The molecule has 2 rings (SSSR count). The second-order valence-electron chi connectivity index (χ2n) is 3.54. The second kappa shape index (κ2) is 7.62. The smallest absolute Gasteiger partial charge is 0.203 e. The molecule has 0 unspecified atom stereocenters. The van der Waals surface area contributed by atoms with Gasteiger partial charge in [0.15, 0.2) is 0 Å². The maximum atomic E-state index is 9.11. The Bertz CT molecular complexity index is 395. The van der Waals surface area contributed by atoms with E-state index in [1.54, 1.807) is 6.07 Å². The molecule has 1 saturated heterocycles. The summed E-state index contributed by atoms with van der Waals surface area (Å²) in [4.78, 5) is 0. The summed E-state index contributed by atoms with van der Waals surface area (Å²) in [6.07, 6.45) is 0.144. The first-order chi connectivity index (χ1) is 8.69. The summed E-state index contributed by atoms with van der Waals surface area (Å²) < 4.78 is 5.01. The van der Waals surface area contributed by atoms with Gasteiger partial charge in [0.05, 0.1) is 35.5 Å². The van der Waals surface area contributed by atoms with Crippen LogP contribution in [0.25, 0.3) is 0 Å². The molecule has 96 valence electrons. The van der Waals surface area contributed by atoms with Gasteiger partial charge in [0.25, 0.3) is 0 Å². The van der Waals surface area contributed by atoms with E-state index >= 15 is 0 Å². The van der Waals surface area contributed by atoms with Crippen molar-refractivity contribution in [2.75, 3.05) is 26.3 Å². The first-order valence-electron chi connectivity index (χ1n) is 5.39. The molecule has 2 aliphatic rings. The van der Waals surface area contributed by atoms with Crippen LogP contribution in [0.15, 0.2) is 22.1 Å². The molecule has 0 spiro atoms. The van der Waals surface area contributed by atoms with Crippen molar-refractivity contribution in [3.05, 3.63) is 22.1 Å². The number of hydrogen-bond donors (Lipinski definition) is 4. The number of morpholine rings is 1. The Morgan fingerprint density at radius 1 is 1.17 bits per heavy atom. The van der Waals surface area contributed by atoms with E-state index in [0.717, 1.165) is 26.3 Å². The number of nitriles is 2. The van der Waals surface area contributed by atoms with Crippen molar-refractivity contribution in [1.82, 2.24) is 10.6 Å². The molecule has 0 bridgehead atoms. The van der Waals surface area contributed by atoms with Crippen LogP contribution in [0.5, 0.6) is 0 Å². The molecule has 2 aliphatic heterocycles. The van der Waals surface area contributed by atoms with Gasteiger partial charge in [-0.05, 0) is 0 Å². The zero-order valence-corrected chi connectivity index (χ0v) is 10.6. The van der Waals surface area contributed by atoms with Crippen molar-refractivity contribution >= 4 is 12.6 Å². The first-order valence-corrected chi connectivity index (χ1v) is 5.83. The van der Waals surface area contributed by atoms with Gasteiger partial charge in [-0.1, -0.05) is 0 Å². The summed E-state index contributed by atoms with van der Waals surface area (Å²) >= 11 is 3.92. The van der Waals surface area contributed by atoms with Gasteiger partial charge < -0.3 is 20.5 Å². The van der Waals surface area contributed by atoms with Crippen LogP contribution in [0, 0.1) is 22.7 Å². The zero-order chi connectivity index (χ0) is 13.4. The van der Waals surface area contributed by atoms with Crippen LogP contribution in [0.1, 0.15) is 6.42 Å². The third-order valence-electron chi connectivity index (χ3n) is 2.28. The van der Waals surface area contributed by atoms with E-state index in [1.165, 1.54) is 0 Å². The fourth-order valence-electron chi connectivity index (χ4n) is 1.31. The van der Waals surface area contributed by atoms with Crippen molar-refractivity contribution < 1.29 is 9.84 Å². The predicted molar refractivity (Wildman–Crippen MR) is 68.3 cm³/mol. The van der Waals surface area contributed by atoms with E-state index in [2.05, 4.69) is 23.3 Å². The zero-order valence-electron chi connectivity index (χ0n) is 9.73. The van der Waals surface area contributed by atoms with Crippen molar-refractivity contribution in [2.45, 2.75) is 6.42 Å². The molecule has 2 heterocycles. The monoisotopic (exact) mass is 266 g/mol. The van der Waals surface area contributed by atoms with Crippen molar-refractivity contribution in [1.29, 1.82) is 10.5 Å². The quantitative estimate of drug-likeness (QED) is 0.478. The molecule has 0 radical (unpaired) electrons. The molecule has 0 aromatic heterocycles. The maximum absolute atomic E-state index is 9.11.